The summed E-state index contributed by atoms with van der Waals surface area (Å²) < 4.78 is 31.0. The highest BCUT2D eigenvalue weighted by Crippen LogP contribution is 2.38. The van der Waals surface area contributed by atoms with Gasteiger partial charge in [0.1, 0.15) is 17.1 Å². The molecule has 1 atom stereocenters. The molecule has 1 aromatic heterocycles. The summed E-state index contributed by atoms with van der Waals surface area (Å²) in [5.74, 6) is -0.0737. The van der Waals surface area contributed by atoms with Crippen LogP contribution in [0.3, 0.4) is 0 Å². The third kappa shape index (κ3) is 4.68. The smallest absolute Gasteiger partial charge is 0.290 e. The van der Waals surface area contributed by atoms with E-state index < -0.39 is 11.9 Å². The molecule has 2 aliphatic heterocycles. The topological polar surface area (TPSA) is 72.2 Å². The van der Waals surface area contributed by atoms with E-state index in [1.54, 1.807) is 4.90 Å². The minimum atomic E-state index is -0.605. The number of benzene rings is 2. The van der Waals surface area contributed by atoms with E-state index in [4.69, 9.17) is 13.9 Å². The average Bonchev–Trinajstić information content (AvgIpc) is 3.16. The van der Waals surface area contributed by atoms with Crippen molar-refractivity contribution in [1.29, 1.82) is 0 Å². The quantitative estimate of drug-likeness (QED) is 0.486. The lowest BCUT2D eigenvalue weighted by molar-refractivity contribution is 0.0353. The van der Waals surface area contributed by atoms with Gasteiger partial charge in [-0.3, -0.25) is 14.5 Å². The van der Waals surface area contributed by atoms with Gasteiger partial charge in [-0.15, -0.1) is 0 Å². The summed E-state index contributed by atoms with van der Waals surface area (Å²) in [7, 11) is 0. The van der Waals surface area contributed by atoms with Crippen LogP contribution in [0, 0.1) is 5.82 Å². The Kier molecular flexibility index (Phi) is 6.83. The molecule has 3 heterocycles. The number of carbonyl (C=O) groups is 1. The third-order valence-electron chi connectivity index (χ3n) is 6.57. The molecule has 1 fully saturated rings. The standard InChI is InChI=1S/C27H29FN2O5/c1-2-14-34-20-7-4-18(5-8-20)24-23-25(31)21-17-19(28)6-9-22(21)35-26(23)27(32)30(24)11-3-10-29-12-15-33-16-13-29/h4-9,17,24H,2-3,10-16H2,1H3/t24-/m1/s1. The molecule has 0 saturated carbocycles. The van der Waals surface area contributed by atoms with Crippen LogP contribution in [0.4, 0.5) is 4.39 Å². The number of hydrogen-bond acceptors (Lipinski definition) is 6. The number of rotatable bonds is 8. The molecule has 0 unspecified atom stereocenters. The second-order valence-corrected chi connectivity index (χ2v) is 8.94. The lowest BCUT2D eigenvalue weighted by Crippen LogP contribution is -2.38. The predicted molar refractivity (Wildman–Crippen MR) is 129 cm³/mol. The summed E-state index contributed by atoms with van der Waals surface area (Å²) in [6, 6.07) is 10.6. The highest BCUT2D eigenvalue weighted by molar-refractivity contribution is 5.99. The van der Waals surface area contributed by atoms with Gasteiger partial charge in [-0.2, -0.15) is 0 Å². The van der Waals surface area contributed by atoms with E-state index in [-0.39, 0.29) is 33.6 Å². The summed E-state index contributed by atoms with van der Waals surface area (Å²) in [6.45, 7) is 7.10. The SMILES string of the molecule is CCCOc1ccc([C@@H]2c3c(oc4ccc(F)cc4c3=O)C(=O)N2CCCN2CCOCC2)cc1. The Balaban J connectivity index is 1.50. The zero-order valence-electron chi connectivity index (χ0n) is 19.8. The highest BCUT2D eigenvalue weighted by Gasteiger charge is 2.42. The molecular weight excluding hydrogens is 451 g/mol. The van der Waals surface area contributed by atoms with Crippen molar-refractivity contribution < 1.29 is 23.1 Å². The molecular formula is C27H29FN2O5. The first kappa shape index (κ1) is 23.5. The summed E-state index contributed by atoms with van der Waals surface area (Å²) in [4.78, 5) is 31.0. The summed E-state index contributed by atoms with van der Waals surface area (Å²) in [5, 5.41) is 0.139. The largest absolute Gasteiger partial charge is 0.494 e. The van der Waals surface area contributed by atoms with Crippen LogP contribution >= 0.6 is 0 Å². The number of hydrogen-bond donors (Lipinski definition) is 0. The molecule has 0 bridgehead atoms. The maximum atomic E-state index is 13.9. The number of amides is 1. The van der Waals surface area contributed by atoms with Gasteiger partial charge in [-0.25, -0.2) is 4.39 Å². The maximum Gasteiger partial charge on any atom is 0.290 e. The molecule has 5 rings (SSSR count). The van der Waals surface area contributed by atoms with Crippen molar-refractivity contribution in [1.82, 2.24) is 9.80 Å². The molecule has 184 valence electrons. The van der Waals surface area contributed by atoms with Gasteiger partial charge >= 0.3 is 0 Å². The molecule has 0 radical (unpaired) electrons. The number of morpholine rings is 1. The Morgan fingerprint density at radius 1 is 1.06 bits per heavy atom. The molecule has 0 N–H and O–H groups in total. The lowest BCUT2D eigenvalue weighted by Gasteiger charge is -2.29. The van der Waals surface area contributed by atoms with Gasteiger partial charge in [-0.1, -0.05) is 19.1 Å². The highest BCUT2D eigenvalue weighted by atomic mass is 19.1. The van der Waals surface area contributed by atoms with Crippen molar-refractivity contribution >= 4 is 16.9 Å². The summed E-state index contributed by atoms with van der Waals surface area (Å²) in [6.07, 6.45) is 1.64. The van der Waals surface area contributed by atoms with Gasteiger partial charge in [-0.05, 0) is 48.7 Å². The lowest BCUT2D eigenvalue weighted by atomic mass is 9.98. The fourth-order valence-electron chi connectivity index (χ4n) is 4.83. The maximum absolute atomic E-state index is 13.9. The van der Waals surface area contributed by atoms with Crippen LogP contribution in [-0.2, 0) is 4.74 Å². The Bertz CT molecular complexity index is 1270. The van der Waals surface area contributed by atoms with E-state index in [0.717, 1.165) is 43.8 Å². The normalized spacial score (nSPS) is 18.3. The van der Waals surface area contributed by atoms with Crippen molar-refractivity contribution in [3.8, 4) is 5.75 Å². The second-order valence-electron chi connectivity index (χ2n) is 8.94. The third-order valence-corrected chi connectivity index (χ3v) is 6.57. The Labute approximate surface area is 203 Å². The first-order valence-electron chi connectivity index (χ1n) is 12.2. The van der Waals surface area contributed by atoms with Crippen LogP contribution in [-0.4, -0.2) is 61.7 Å². The van der Waals surface area contributed by atoms with E-state index in [1.165, 1.54) is 18.2 Å². The Hall–Kier alpha value is -3.23. The molecule has 7 nitrogen and oxygen atoms in total. The van der Waals surface area contributed by atoms with E-state index >= 15 is 0 Å². The van der Waals surface area contributed by atoms with Crippen molar-refractivity contribution in [3.05, 3.63) is 75.4 Å². The van der Waals surface area contributed by atoms with Crippen molar-refractivity contribution in [2.24, 2.45) is 0 Å². The number of fused-ring (bicyclic) bond motifs is 2. The number of halogens is 1. The molecule has 2 aromatic carbocycles. The van der Waals surface area contributed by atoms with E-state index in [2.05, 4.69) is 4.90 Å². The number of carbonyl (C=O) groups excluding carboxylic acids is 1. The molecule has 35 heavy (non-hydrogen) atoms. The number of nitrogens with zero attached hydrogens (tertiary/aromatic N) is 2. The van der Waals surface area contributed by atoms with Gasteiger partial charge < -0.3 is 18.8 Å². The molecule has 2 aliphatic rings. The first-order valence-corrected chi connectivity index (χ1v) is 12.2. The zero-order chi connectivity index (χ0) is 24.4. The molecule has 8 heteroatoms. The summed E-state index contributed by atoms with van der Waals surface area (Å²) in [5.41, 5.74) is 0.888. The van der Waals surface area contributed by atoms with Crippen LogP contribution in [0.25, 0.3) is 11.0 Å². The van der Waals surface area contributed by atoms with Crippen molar-refractivity contribution in [2.75, 3.05) is 46.0 Å². The van der Waals surface area contributed by atoms with E-state index in [9.17, 15) is 14.0 Å². The van der Waals surface area contributed by atoms with E-state index in [1.807, 2.05) is 31.2 Å². The minimum absolute atomic E-state index is 0.0387. The first-order chi connectivity index (χ1) is 17.1. The van der Waals surface area contributed by atoms with Crippen LogP contribution in [0.1, 0.15) is 47.5 Å². The Morgan fingerprint density at radius 2 is 1.83 bits per heavy atom. The monoisotopic (exact) mass is 480 g/mol. The molecule has 1 amide bonds. The predicted octanol–water partition coefficient (Wildman–Crippen LogP) is 3.99. The Morgan fingerprint density at radius 3 is 2.57 bits per heavy atom. The zero-order valence-corrected chi connectivity index (χ0v) is 19.8. The molecule has 1 saturated heterocycles. The molecule has 0 spiro atoms. The van der Waals surface area contributed by atoms with Crippen LogP contribution < -0.4 is 10.2 Å². The van der Waals surface area contributed by atoms with Gasteiger partial charge in [0.15, 0.2) is 5.43 Å². The van der Waals surface area contributed by atoms with Gasteiger partial charge in [0.05, 0.1) is 36.8 Å². The van der Waals surface area contributed by atoms with Crippen LogP contribution in [0.15, 0.2) is 51.7 Å². The van der Waals surface area contributed by atoms with Crippen LogP contribution in [0.2, 0.25) is 0 Å². The number of ether oxygens (including phenoxy) is 2. The molecule has 0 aliphatic carbocycles. The van der Waals surface area contributed by atoms with Crippen molar-refractivity contribution in [2.45, 2.75) is 25.8 Å². The second kappa shape index (κ2) is 10.2. The fraction of sp³-hybridized carbons (Fsp3) is 0.407. The van der Waals surface area contributed by atoms with Gasteiger partial charge in [0, 0.05) is 26.2 Å². The minimum Gasteiger partial charge on any atom is -0.494 e. The van der Waals surface area contributed by atoms with E-state index in [0.29, 0.717) is 26.4 Å². The fourth-order valence-corrected chi connectivity index (χ4v) is 4.83. The van der Waals surface area contributed by atoms with Crippen molar-refractivity contribution in [3.63, 3.8) is 0 Å². The molecule has 3 aromatic rings. The average molecular weight is 481 g/mol. The van der Waals surface area contributed by atoms with Gasteiger partial charge in [0.25, 0.3) is 5.91 Å². The summed E-state index contributed by atoms with van der Waals surface area (Å²) >= 11 is 0. The van der Waals surface area contributed by atoms with Crippen LogP contribution in [0.5, 0.6) is 5.75 Å². The van der Waals surface area contributed by atoms with Gasteiger partial charge in [0.2, 0.25) is 5.76 Å².